The Balaban J connectivity index is 3.28. The average Bonchev–Trinajstić information content (AvgIpc) is 2.01. The number of hydrogen-bond donors (Lipinski definition) is 0. The molecule has 0 aliphatic carbocycles. The lowest BCUT2D eigenvalue weighted by atomic mass is 10.3. The summed E-state index contributed by atoms with van der Waals surface area (Å²) in [5.74, 6) is 0. The van der Waals surface area contributed by atoms with Crippen LogP contribution in [0.15, 0.2) is 34.3 Å². The van der Waals surface area contributed by atoms with E-state index in [1.54, 1.807) is 0 Å². The summed E-state index contributed by atoms with van der Waals surface area (Å²) in [5, 5.41) is 2.96. The van der Waals surface area contributed by atoms with Gasteiger partial charge in [0.15, 0.2) is 0 Å². The minimum absolute atomic E-state index is 0.164. The molecule has 15 heavy (non-hydrogen) atoms. The van der Waals surface area contributed by atoms with Crippen LogP contribution in [0.5, 0.6) is 0 Å². The maximum Gasteiger partial charge on any atom is 0.310 e. The number of nitrogens with zero attached hydrogens (tertiary/aromatic N) is 3. The molecule has 0 unspecified atom stereocenters. The lowest BCUT2D eigenvalue weighted by Gasteiger charge is -2.40. The van der Waals surface area contributed by atoms with Crippen molar-refractivity contribution in [3.05, 3.63) is 34.7 Å². The van der Waals surface area contributed by atoms with Gasteiger partial charge < -0.3 is 0 Å². The van der Waals surface area contributed by atoms with Crippen molar-refractivity contribution in [1.29, 1.82) is 0 Å². The van der Waals surface area contributed by atoms with Crippen LogP contribution >= 0.6 is 10.2 Å². The molecule has 0 N–H and O–H groups in total. The van der Waals surface area contributed by atoms with Gasteiger partial charge >= 0.3 is 10.2 Å². The molecule has 9 heteroatoms. The summed E-state index contributed by atoms with van der Waals surface area (Å²) in [6, 6.07) is 1.72. The minimum atomic E-state index is -9.61. The molecule has 0 bridgehead atoms. The Bertz CT molecular complexity index is 429. The fraction of sp³-hybridized carbons (Fsp3) is 0. The summed E-state index contributed by atoms with van der Waals surface area (Å²) in [5.41, 5.74) is 7.78. The van der Waals surface area contributed by atoms with Gasteiger partial charge in [0.1, 0.15) is 4.90 Å². The fourth-order valence-electron chi connectivity index (χ4n) is 0.822. The first-order valence-electron chi connectivity index (χ1n) is 3.42. The van der Waals surface area contributed by atoms with Crippen molar-refractivity contribution in [2.24, 2.45) is 5.11 Å². The smallest absolute Gasteiger partial charge is 0.0936 e. The van der Waals surface area contributed by atoms with Gasteiger partial charge in [0, 0.05) is 10.6 Å². The van der Waals surface area contributed by atoms with E-state index in [-0.39, 0.29) is 17.8 Å². The summed E-state index contributed by atoms with van der Waals surface area (Å²) in [6.45, 7) is 0. The number of halogens is 5. The van der Waals surface area contributed by atoms with Crippen LogP contribution in [0.1, 0.15) is 0 Å². The Labute approximate surface area is 80.9 Å². The molecule has 3 nitrogen and oxygen atoms in total. The quantitative estimate of drug-likeness (QED) is 0.294. The van der Waals surface area contributed by atoms with Gasteiger partial charge in [-0.25, -0.2) is 0 Å². The van der Waals surface area contributed by atoms with Crippen LogP contribution in [0.3, 0.4) is 0 Å². The molecule has 0 aliphatic rings. The van der Waals surface area contributed by atoms with E-state index in [0.29, 0.717) is 12.1 Å². The second-order valence-electron chi connectivity index (χ2n) is 2.65. The van der Waals surface area contributed by atoms with E-state index in [0.717, 1.165) is 0 Å². The van der Waals surface area contributed by atoms with Crippen molar-refractivity contribution < 1.29 is 19.4 Å². The molecule has 84 valence electrons. The highest BCUT2D eigenvalue weighted by Gasteiger charge is 2.65. The highest BCUT2D eigenvalue weighted by atomic mass is 32.5. The van der Waals surface area contributed by atoms with Gasteiger partial charge in [-0.2, -0.15) is 0 Å². The van der Waals surface area contributed by atoms with Crippen molar-refractivity contribution in [3.63, 3.8) is 0 Å². The zero-order valence-electron chi connectivity index (χ0n) is 6.95. The topological polar surface area (TPSA) is 48.8 Å². The molecule has 0 saturated carbocycles. The highest BCUT2D eigenvalue weighted by molar-refractivity contribution is 8.45. The maximum absolute atomic E-state index is 12.2. The fourth-order valence-corrected chi connectivity index (χ4v) is 1.47. The second kappa shape index (κ2) is 2.56. The van der Waals surface area contributed by atoms with E-state index in [9.17, 15) is 19.4 Å². The number of hydrogen-bond acceptors (Lipinski definition) is 1. The van der Waals surface area contributed by atoms with E-state index in [1.165, 1.54) is 0 Å². The molecule has 0 heterocycles. The van der Waals surface area contributed by atoms with E-state index in [2.05, 4.69) is 10.0 Å². The third-order valence-corrected chi connectivity index (χ3v) is 2.61. The molecule has 0 amide bonds. The highest BCUT2D eigenvalue weighted by Crippen LogP contribution is 3.02. The first kappa shape index (κ1) is 11.6. The summed E-state index contributed by atoms with van der Waals surface area (Å²) in [6.07, 6.45) is 0. The third kappa shape index (κ3) is 3.00. The summed E-state index contributed by atoms with van der Waals surface area (Å²) >= 11 is 0. The molecule has 0 radical (unpaired) electrons. The molecule has 0 aliphatic heterocycles. The lowest BCUT2D eigenvalue weighted by molar-refractivity contribution is 0.364. The molecular weight excluding hydrogens is 241 g/mol. The molecule has 0 aromatic heterocycles. The molecule has 1 aromatic rings. The van der Waals surface area contributed by atoms with Gasteiger partial charge in [0.2, 0.25) is 0 Å². The van der Waals surface area contributed by atoms with Crippen LogP contribution in [0.25, 0.3) is 10.4 Å². The van der Waals surface area contributed by atoms with Crippen molar-refractivity contribution in [2.45, 2.75) is 4.90 Å². The Kier molecular flexibility index (Phi) is 1.98. The first-order chi connectivity index (χ1) is 6.53. The molecular formula is C6H4F5N3S. The Hall–Kier alpha value is -1.47. The van der Waals surface area contributed by atoms with Gasteiger partial charge in [-0.15, -0.1) is 0 Å². The van der Waals surface area contributed by atoms with Crippen molar-refractivity contribution in [3.8, 4) is 0 Å². The second-order valence-corrected chi connectivity index (χ2v) is 5.06. The van der Waals surface area contributed by atoms with Crippen LogP contribution < -0.4 is 0 Å². The molecule has 0 fully saturated rings. The predicted molar refractivity (Wildman–Crippen MR) is 46.6 cm³/mol. The van der Waals surface area contributed by atoms with E-state index in [4.69, 9.17) is 5.53 Å². The standard InChI is InChI=1S/C6H4F5N3S/c7-15(8,9,10,11)6-3-1-5(2-4-6)13-14-12/h1-4H. The van der Waals surface area contributed by atoms with Gasteiger partial charge in [0.25, 0.3) is 0 Å². The SMILES string of the molecule is [N-]=[N+]=Nc1ccc(S(F)(F)(F)(F)F)cc1. The Morgan fingerprint density at radius 1 is 1.00 bits per heavy atom. The van der Waals surface area contributed by atoms with Gasteiger partial charge in [-0.05, 0) is 17.7 Å². The van der Waals surface area contributed by atoms with Crippen molar-refractivity contribution in [1.82, 2.24) is 0 Å². The van der Waals surface area contributed by atoms with Gasteiger partial charge in [-0.1, -0.05) is 36.7 Å². The predicted octanol–water partition coefficient (Wildman–Crippen LogP) is 5.29. The van der Waals surface area contributed by atoms with Crippen molar-refractivity contribution >= 4 is 15.9 Å². The van der Waals surface area contributed by atoms with Gasteiger partial charge in [0.05, 0.1) is 0 Å². The minimum Gasteiger partial charge on any atom is -0.0936 e. The lowest BCUT2D eigenvalue weighted by Crippen LogP contribution is -2.05. The largest absolute Gasteiger partial charge is 0.310 e. The Morgan fingerprint density at radius 2 is 1.47 bits per heavy atom. The third-order valence-electron chi connectivity index (χ3n) is 1.44. The number of rotatable bonds is 2. The molecule has 0 spiro atoms. The maximum atomic E-state index is 12.2. The van der Waals surface area contributed by atoms with Crippen LogP contribution in [0.4, 0.5) is 25.1 Å². The van der Waals surface area contributed by atoms with E-state index >= 15 is 0 Å². The van der Waals surface area contributed by atoms with E-state index in [1.807, 2.05) is 0 Å². The van der Waals surface area contributed by atoms with Crippen LogP contribution in [0.2, 0.25) is 0 Å². The molecule has 1 rings (SSSR count). The molecule has 0 saturated heterocycles. The van der Waals surface area contributed by atoms with Crippen LogP contribution in [0, 0.1) is 0 Å². The summed E-state index contributed by atoms with van der Waals surface area (Å²) < 4.78 is 60.8. The average molecular weight is 245 g/mol. The molecule has 1 aromatic carbocycles. The first-order valence-corrected chi connectivity index (χ1v) is 5.37. The van der Waals surface area contributed by atoms with Gasteiger partial charge in [-0.3, -0.25) is 0 Å². The van der Waals surface area contributed by atoms with Crippen LogP contribution in [-0.4, -0.2) is 0 Å². The molecule has 0 atom stereocenters. The van der Waals surface area contributed by atoms with Crippen molar-refractivity contribution in [2.75, 3.05) is 0 Å². The monoisotopic (exact) mass is 245 g/mol. The number of benzene rings is 1. The summed E-state index contributed by atoms with van der Waals surface area (Å²) in [7, 11) is -9.61. The zero-order valence-corrected chi connectivity index (χ0v) is 7.77. The van der Waals surface area contributed by atoms with Crippen LogP contribution in [-0.2, 0) is 0 Å². The zero-order chi connectivity index (χ0) is 11.8. The normalized spacial score (nSPS) is 16.1. The summed E-state index contributed by atoms with van der Waals surface area (Å²) in [4.78, 5) is 0.291. The Morgan fingerprint density at radius 3 is 1.80 bits per heavy atom. The van der Waals surface area contributed by atoms with E-state index < -0.39 is 15.1 Å². The number of azide groups is 1.